The highest BCUT2D eigenvalue weighted by Crippen LogP contribution is 2.46. The first-order valence-electron chi connectivity index (χ1n) is 10.9. The fourth-order valence-electron chi connectivity index (χ4n) is 3.99. The zero-order chi connectivity index (χ0) is 21.4. The van der Waals surface area contributed by atoms with E-state index in [4.69, 9.17) is 0 Å². The van der Waals surface area contributed by atoms with Gasteiger partial charge < -0.3 is 9.47 Å². The Labute approximate surface area is 187 Å². The van der Waals surface area contributed by atoms with E-state index in [0.717, 1.165) is 16.5 Å². The van der Waals surface area contributed by atoms with Crippen LogP contribution in [0.4, 0.5) is 0 Å². The molecule has 2 aromatic rings. The van der Waals surface area contributed by atoms with Gasteiger partial charge in [-0.2, -0.15) is 4.31 Å². The minimum absolute atomic E-state index is 0.00219. The molecule has 0 radical (unpaired) electrons. The maximum Gasteiger partial charge on any atom is 0.233 e. The molecule has 2 aliphatic carbocycles. The van der Waals surface area contributed by atoms with E-state index >= 15 is 0 Å². The Bertz CT molecular complexity index is 1040. The van der Waals surface area contributed by atoms with Gasteiger partial charge >= 0.3 is 0 Å². The zero-order valence-corrected chi connectivity index (χ0v) is 19.0. The van der Waals surface area contributed by atoms with Crippen LogP contribution >= 0.6 is 11.8 Å². The highest BCUT2D eigenvalue weighted by molar-refractivity contribution is 7.99. The molecule has 8 nitrogen and oxygen atoms in total. The van der Waals surface area contributed by atoms with E-state index in [2.05, 4.69) is 14.8 Å². The molecule has 2 heterocycles. The topological polar surface area (TPSA) is 88.4 Å². The normalized spacial score (nSPS) is 20.2. The van der Waals surface area contributed by atoms with Gasteiger partial charge in [0.25, 0.3) is 0 Å². The van der Waals surface area contributed by atoms with Crippen LogP contribution in [0.25, 0.3) is 0 Å². The van der Waals surface area contributed by atoms with Crippen LogP contribution < -0.4 is 0 Å². The van der Waals surface area contributed by atoms with Crippen molar-refractivity contribution in [2.75, 3.05) is 31.9 Å². The molecular weight excluding hydrogens is 434 g/mol. The fourth-order valence-corrected chi connectivity index (χ4v) is 6.42. The molecule has 1 amide bonds. The molecule has 0 N–H and O–H groups in total. The number of rotatable bonds is 8. The molecule has 1 aromatic carbocycles. The average Bonchev–Trinajstić information content (AvgIpc) is 3.71. The maximum atomic E-state index is 12.7. The first-order chi connectivity index (χ1) is 15.0. The van der Waals surface area contributed by atoms with Gasteiger partial charge in [0.05, 0.1) is 11.5 Å². The maximum absolute atomic E-state index is 12.7. The van der Waals surface area contributed by atoms with Crippen molar-refractivity contribution in [1.29, 1.82) is 0 Å². The van der Waals surface area contributed by atoms with E-state index in [1.54, 1.807) is 4.90 Å². The average molecular weight is 462 g/mol. The van der Waals surface area contributed by atoms with Crippen LogP contribution in [-0.2, 0) is 20.6 Å². The summed E-state index contributed by atoms with van der Waals surface area (Å²) in [5.74, 6) is 1.98. The second-order valence-electron chi connectivity index (χ2n) is 8.53. The molecule has 0 bridgehead atoms. The highest BCUT2D eigenvalue weighted by Gasteiger charge is 2.36. The summed E-state index contributed by atoms with van der Waals surface area (Å²) in [7, 11) is -3.38. The third-order valence-electron chi connectivity index (χ3n) is 6.05. The van der Waals surface area contributed by atoms with Crippen molar-refractivity contribution in [2.45, 2.75) is 48.6 Å². The molecule has 0 atom stereocenters. The number of carbonyl (C=O) groups excluding carboxylic acids is 1. The van der Waals surface area contributed by atoms with Crippen LogP contribution in [0, 0.1) is 0 Å². The summed E-state index contributed by atoms with van der Waals surface area (Å²) in [6.07, 6.45) is 4.70. The van der Waals surface area contributed by atoms with E-state index in [0.29, 0.717) is 43.9 Å². The molecule has 1 aliphatic heterocycles. The number of carbonyl (C=O) groups is 1. The molecule has 10 heteroatoms. The highest BCUT2D eigenvalue weighted by atomic mass is 32.2. The molecule has 5 rings (SSSR count). The van der Waals surface area contributed by atoms with E-state index in [1.165, 1.54) is 41.8 Å². The number of sulfonamides is 1. The SMILES string of the molecule is O=C(CSc1nnc(C2CC2)n1C1CC1)N1CCN(S(=O)(=O)Cc2ccccc2)CC1. The number of nitrogens with zero attached hydrogens (tertiary/aromatic N) is 5. The van der Waals surface area contributed by atoms with E-state index in [1.807, 2.05) is 30.3 Å². The third kappa shape index (κ3) is 4.80. The molecular formula is C21H27N5O3S2. The molecule has 0 spiro atoms. The lowest BCUT2D eigenvalue weighted by atomic mass is 10.2. The predicted octanol–water partition coefficient (Wildman–Crippen LogP) is 2.26. The minimum Gasteiger partial charge on any atom is -0.339 e. The summed E-state index contributed by atoms with van der Waals surface area (Å²) in [5.41, 5.74) is 0.780. The standard InChI is InChI=1S/C21H27N5O3S2/c27-19(14-30-21-23-22-20(17-6-7-17)26(21)18-8-9-18)24-10-12-25(13-11-24)31(28,29)15-16-4-2-1-3-5-16/h1-5,17-18H,6-15H2. The first-order valence-corrected chi connectivity index (χ1v) is 13.5. The van der Waals surface area contributed by atoms with Crippen molar-refractivity contribution in [2.24, 2.45) is 0 Å². The van der Waals surface area contributed by atoms with Crippen molar-refractivity contribution >= 4 is 27.7 Å². The molecule has 3 aliphatic rings. The number of hydrogen-bond donors (Lipinski definition) is 0. The largest absolute Gasteiger partial charge is 0.339 e. The van der Waals surface area contributed by atoms with Gasteiger partial charge in [-0.3, -0.25) is 4.79 Å². The van der Waals surface area contributed by atoms with Crippen molar-refractivity contribution in [3.8, 4) is 0 Å². The summed E-state index contributed by atoms with van der Waals surface area (Å²) < 4.78 is 29.2. The minimum atomic E-state index is -3.38. The molecule has 0 unspecified atom stereocenters. The van der Waals surface area contributed by atoms with E-state index in [9.17, 15) is 13.2 Å². The second-order valence-corrected chi connectivity index (χ2v) is 11.4. The predicted molar refractivity (Wildman–Crippen MR) is 118 cm³/mol. The van der Waals surface area contributed by atoms with Crippen LogP contribution in [0.5, 0.6) is 0 Å². The van der Waals surface area contributed by atoms with Crippen LogP contribution in [0.2, 0.25) is 0 Å². The summed E-state index contributed by atoms with van der Waals surface area (Å²) >= 11 is 1.46. The molecule has 1 saturated heterocycles. The quantitative estimate of drug-likeness (QED) is 0.561. The summed E-state index contributed by atoms with van der Waals surface area (Å²) in [6, 6.07) is 9.71. The van der Waals surface area contributed by atoms with E-state index in [-0.39, 0.29) is 11.7 Å². The van der Waals surface area contributed by atoms with Crippen molar-refractivity contribution in [3.63, 3.8) is 0 Å². The molecule has 166 valence electrons. The van der Waals surface area contributed by atoms with Gasteiger partial charge in [-0.1, -0.05) is 42.1 Å². The van der Waals surface area contributed by atoms with Crippen molar-refractivity contribution in [1.82, 2.24) is 24.0 Å². The monoisotopic (exact) mass is 461 g/mol. The van der Waals surface area contributed by atoms with Gasteiger partial charge in [-0.15, -0.1) is 10.2 Å². The number of piperazine rings is 1. The van der Waals surface area contributed by atoms with Crippen LogP contribution in [0.1, 0.15) is 49.0 Å². The zero-order valence-electron chi connectivity index (χ0n) is 17.4. The summed E-state index contributed by atoms with van der Waals surface area (Å²) in [4.78, 5) is 14.5. The number of hydrogen-bond acceptors (Lipinski definition) is 6. The number of benzene rings is 1. The van der Waals surface area contributed by atoms with Gasteiger partial charge in [-0.05, 0) is 31.2 Å². The molecule has 2 saturated carbocycles. The molecule has 3 fully saturated rings. The van der Waals surface area contributed by atoms with Crippen LogP contribution in [0.3, 0.4) is 0 Å². The number of aromatic nitrogens is 3. The Morgan fingerprint density at radius 3 is 2.35 bits per heavy atom. The van der Waals surface area contributed by atoms with Crippen LogP contribution in [-0.4, -0.2) is 70.2 Å². The van der Waals surface area contributed by atoms with Crippen molar-refractivity contribution in [3.05, 3.63) is 41.7 Å². The van der Waals surface area contributed by atoms with Gasteiger partial charge in [0.2, 0.25) is 15.9 Å². The van der Waals surface area contributed by atoms with Gasteiger partial charge in [0.1, 0.15) is 5.82 Å². The van der Waals surface area contributed by atoms with Gasteiger partial charge in [0.15, 0.2) is 5.16 Å². The first kappa shape index (κ1) is 21.0. The third-order valence-corrected chi connectivity index (χ3v) is 8.82. The van der Waals surface area contributed by atoms with Gasteiger partial charge in [0, 0.05) is 38.1 Å². The number of amides is 1. The Hall–Kier alpha value is -1.91. The van der Waals surface area contributed by atoms with Crippen LogP contribution in [0.15, 0.2) is 35.5 Å². The summed E-state index contributed by atoms with van der Waals surface area (Å²) in [6.45, 7) is 1.54. The lowest BCUT2D eigenvalue weighted by Gasteiger charge is -2.34. The Kier molecular flexibility index (Phi) is 5.78. The molecule has 31 heavy (non-hydrogen) atoms. The lowest BCUT2D eigenvalue weighted by molar-refractivity contribution is -0.129. The number of thioether (sulfide) groups is 1. The summed E-state index contributed by atoms with van der Waals surface area (Å²) in [5, 5.41) is 9.60. The van der Waals surface area contributed by atoms with E-state index < -0.39 is 10.0 Å². The smallest absolute Gasteiger partial charge is 0.233 e. The Morgan fingerprint density at radius 2 is 1.71 bits per heavy atom. The van der Waals surface area contributed by atoms with Crippen molar-refractivity contribution < 1.29 is 13.2 Å². The molecule has 1 aromatic heterocycles. The fraction of sp³-hybridized carbons (Fsp3) is 0.571. The second kappa shape index (κ2) is 8.55. The Morgan fingerprint density at radius 1 is 1.00 bits per heavy atom. The Balaban J connectivity index is 1.14. The lowest BCUT2D eigenvalue weighted by Crippen LogP contribution is -2.51. The van der Waals surface area contributed by atoms with Gasteiger partial charge in [-0.25, -0.2) is 8.42 Å².